The molecule has 4 aromatic rings. The van der Waals surface area contributed by atoms with Gasteiger partial charge in [0.2, 0.25) is 5.95 Å². The minimum absolute atomic E-state index is 0.0225. The Hall–Kier alpha value is -3.84. The van der Waals surface area contributed by atoms with Crippen LogP contribution in [-0.2, 0) is 13.2 Å². The maximum absolute atomic E-state index is 13.0. The Bertz CT molecular complexity index is 1270. The number of anilines is 2. The number of ether oxygens (including phenoxy) is 1. The number of nitrogens with zero attached hydrogens (tertiary/aromatic N) is 4. The van der Waals surface area contributed by atoms with E-state index >= 15 is 0 Å². The third-order valence-electron chi connectivity index (χ3n) is 5.63. The normalized spacial score (nSPS) is 13.8. The molecule has 0 saturated heterocycles. The number of benzene rings is 2. The largest absolute Gasteiger partial charge is 0.468 e. The van der Waals surface area contributed by atoms with E-state index < -0.39 is 0 Å². The molecule has 162 valence electrons. The molecule has 0 bridgehead atoms. The topological polar surface area (TPSA) is 63.7 Å². The van der Waals surface area contributed by atoms with Crippen LogP contribution in [0.2, 0.25) is 0 Å². The highest BCUT2D eigenvalue weighted by Crippen LogP contribution is 2.31. The van der Waals surface area contributed by atoms with Gasteiger partial charge in [-0.3, -0.25) is 19.2 Å². The van der Waals surface area contributed by atoms with Crippen LogP contribution in [0.1, 0.15) is 17.0 Å². The Balaban J connectivity index is 1.48. The average Bonchev–Trinajstić information content (AvgIpc) is 3.32. The van der Waals surface area contributed by atoms with Crippen LogP contribution in [-0.4, -0.2) is 21.1 Å². The summed E-state index contributed by atoms with van der Waals surface area (Å²) >= 11 is 0. The van der Waals surface area contributed by atoms with Gasteiger partial charge in [0.05, 0.1) is 26.1 Å². The molecule has 0 N–H and O–H groups in total. The summed E-state index contributed by atoms with van der Waals surface area (Å²) in [5.74, 6) is 3.03. The van der Waals surface area contributed by atoms with Gasteiger partial charge in [0.15, 0.2) is 0 Å². The zero-order valence-electron chi connectivity index (χ0n) is 18.1. The summed E-state index contributed by atoms with van der Waals surface area (Å²) < 4.78 is 13.2. The Labute approximate surface area is 186 Å². The predicted octanol–water partition coefficient (Wildman–Crippen LogP) is 4.81. The van der Waals surface area contributed by atoms with Crippen molar-refractivity contribution < 1.29 is 9.15 Å². The lowest BCUT2D eigenvalue weighted by molar-refractivity contribution is 0.176. The zero-order chi connectivity index (χ0) is 22.1. The molecule has 0 aliphatic carbocycles. The van der Waals surface area contributed by atoms with Crippen molar-refractivity contribution in [2.45, 2.75) is 27.1 Å². The lowest BCUT2D eigenvalue weighted by Gasteiger charge is -2.38. The summed E-state index contributed by atoms with van der Waals surface area (Å²) in [6.07, 6.45) is 1.66. The van der Waals surface area contributed by atoms with E-state index in [2.05, 4.69) is 4.90 Å². The quantitative estimate of drug-likeness (QED) is 0.454. The molecule has 2 aromatic heterocycles. The van der Waals surface area contributed by atoms with Crippen molar-refractivity contribution in [2.24, 2.45) is 0 Å². The second-order valence-electron chi connectivity index (χ2n) is 7.88. The third kappa shape index (κ3) is 3.90. The summed E-state index contributed by atoms with van der Waals surface area (Å²) in [5.41, 5.74) is 2.32. The SMILES string of the molecule is Cc1nc2n(c(=O)c1C)CN(Cc1ccco1)CN2c1ccc(Oc2ccccc2)cc1. The van der Waals surface area contributed by atoms with Gasteiger partial charge in [-0.15, -0.1) is 0 Å². The molecule has 5 rings (SSSR count). The molecule has 7 nitrogen and oxygen atoms in total. The molecule has 0 amide bonds. The summed E-state index contributed by atoms with van der Waals surface area (Å²) in [6.45, 7) is 5.33. The molecule has 2 aromatic carbocycles. The van der Waals surface area contributed by atoms with Gasteiger partial charge >= 0.3 is 0 Å². The molecule has 7 heteroatoms. The van der Waals surface area contributed by atoms with Crippen molar-refractivity contribution in [1.82, 2.24) is 14.5 Å². The van der Waals surface area contributed by atoms with Crippen LogP contribution in [0, 0.1) is 13.8 Å². The second kappa shape index (κ2) is 8.36. The van der Waals surface area contributed by atoms with Gasteiger partial charge in [0.1, 0.15) is 17.3 Å². The first-order valence-electron chi connectivity index (χ1n) is 10.5. The summed E-state index contributed by atoms with van der Waals surface area (Å²) in [7, 11) is 0. The number of hydrogen-bond donors (Lipinski definition) is 0. The van der Waals surface area contributed by atoms with Crippen LogP contribution in [0.3, 0.4) is 0 Å². The van der Waals surface area contributed by atoms with Crippen molar-refractivity contribution >= 4 is 11.6 Å². The molecule has 0 radical (unpaired) electrons. The van der Waals surface area contributed by atoms with Gasteiger partial charge in [-0.1, -0.05) is 18.2 Å². The van der Waals surface area contributed by atoms with E-state index in [1.165, 1.54) is 0 Å². The van der Waals surface area contributed by atoms with Gasteiger partial charge in [0.25, 0.3) is 5.56 Å². The summed E-state index contributed by atoms with van der Waals surface area (Å²) in [6, 6.07) is 21.3. The Morgan fingerprint density at radius 2 is 1.69 bits per heavy atom. The molecule has 1 aliphatic rings. The van der Waals surface area contributed by atoms with E-state index in [1.807, 2.05) is 85.5 Å². The molecule has 0 unspecified atom stereocenters. The van der Waals surface area contributed by atoms with E-state index in [0.29, 0.717) is 31.4 Å². The van der Waals surface area contributed by atoms with Gasteiger partial charge in [-0.25, -0.2) is 4.98 Å². The monoisotopic (exact) mass is 428 g/mol. The van der Waals surface area contributed by atoms with Crippen LogP contribution >= 0.6 is 0 Å². The smallest absolute Gasteiger partial charge is 0.259 e. The van der Waals surface area contributed by atoms with Crippen LogP contribution in [0.25, 0.3) is 0 Å². The minimum atomic E-state index is -0.0225. The maximum Gasteiger partial charge on any atom is 0.259 e. The van der Waals surface area contributed by atoms with Crippen molar-refractivity contribution in [1.29, 1.82) is 0 Å². The van der Waals surface area contributed by atoms with Crippen LogP contribution < -0.4 is 15.2 Å². The fraction of sp³-hybridized carbons (Fsp3) is 0.200. The van der Waals surface area contributed by atoms with E-state index in [9.17, 15) is 4.79 Å². The van der Waals surface area contributed by atoms with Crippen molar-refractivity contribution in [3.63, 3.8) is 0 Å². The van der Waals surface area contributed by atoms with E-state index in [-0.39, 0.29) is 5.56 Å². The van der Waals surface area contributed by atoms with Crippen LogP contribution in [0.5, 0.6) is 11.5 Å². The number of furan rings is 1. The lowest BCUT2D eigenvalue weighted by atomic mass is 10.2. The lowest BCUT2D eigenvalue weighted by Crippen LogP contribution is -2.47. The number of para-hydroxylation sites is 1. The summed E-state index contributed by atoms with van der Waals surface area (Å²) in [4.78, 5) is 22.0. The first kappa shape index (κ1) is 20.1. The highest BCUT2D eigenvalue weighted by Gasteiger charge is 2.27. The van der Waals surface area contributed by atoms with Gasteiger partial charge in [-0.05, 0) is 62.4 Å². The molecular formula is C25H24N4O3. The Morgan fingerprint density at radius 3 is 2.41 bits per heavy atom. The van der Waals surface area contributed by atoms with Gasteiger partial charge in [0, 0.05) is 16.9 Å². The predicted molar refractivity (Wildman–Crippen MR) is 122 cm³/mol. The number of aryl methyl sites for hydroxylation is 1. The molecular weight excluding hydrogens is 404 g/mol. The average molecular weight is 428 g/mol. The molecule has 0 fully saturated rings. The van der Waals surface area contributed by atoms with Crippen molar-refractivity contribution in [2.75, 3.05) is 11.6 Å². The molecule has 3 heterocycles. The molecule has 0 atom stereocenters. The van der Waals surface area contributed by atoms with E-state index in [0.717, 1.165) is 28.6 Å². The molecule has 32 heavy (non-hydrogen) atoms. The molecule has 0 saturated carbocycles. The first-order valence-corrected chi connectivity index (χ1v) is 10.5. The highest BCUT2D eigenvalue weighted by atomic mass is 16.5. The second-order valence-corrected chi connectivity index (χ2v) is 7.88. The Morgan fingerprint density at radius 1 is 0.938 bits per heavy atom. The number of fused-ring (bicyclic) bond motifs is 1. The Kier molecular flexibility index (Phi) is 5.25. The standard InChI is InChI=1S/C25H24N4O3/c1-18-19(2)26-25-28(16-27(17-29(25)24(18)30)15-23-9-6-14-31-23)20-10-12-22(13-11-20)32-21-7-4-3-5-8-21/h3-14H,15-17H2,1-2H3. The van der Waals surface area contributed by atoms with Crippen molar-refractivity contribution in [3.8, 4) is 11.5 Å². The first-order chi connectivity index (χ1) is 15.6. The molecule has 1 aliphatic heterocycles. The zero-order valence-corrected chi connectivity index (χ0v) is 18.1. The fourth-order valence-corrected chi connectivity index (χ4v) is 3.82. The number of aromatic nitrogens is 2. The van der Waals surface area contributed by atoms with Crippen molar-refractivity contribution in [3.05, 3.63) is 100 Å². The third-order valence-corrected chi connectivity index (χ3v) is 5.63. The number of hydrogen-bond acceptors (Lipinski definition) is 6. The number of rotatable bonds is 5. The fourth-order valence-electron chi connectivity index (χ4n) is 3.82. The van der Waals surface area contributed by atoms with Crippen LogP contribution in [0.4, 0.5) is 11.6 Å². The van der Waals surface area contributed by atoms with E-state index in [1.54, 1.807) is 10.8 Å². The van der Waals surface area contributed by atoms with Crippen LogP contribution in [0.15, 0.2) is 82.2 Å². The highest BCUT2D eigenvalue weighted by molar-refractivity contribution is 5.59. The van der Waals surface area contributed by atoms with Gasteiger partial charge in [-0.2, -0.15) is 0 Å². The molecule has 0 spiro atoms. The minimum Gasteiger partial charge on any atom is -0.468 e. The maximum atomic E-state index is 13.0. The summed E-state index contributed by atoms with van der Waals surface area (Å²) in [5, 5.41) is 0. The van der Waals surface area contributed by atoms with E-state index in [4.69, 9.17) is 14.1 Å². The van der Waals surface area contributed by atoms with Gasteiger partial charge < -0.3 is 9.15 Å².